The lowest BCUT2D eigenvalue weighted by molar-refractivity contribution is 0.295. The van der Waals surface area contributed by atoms with E-state index in [-0.39, 0.29) is 11.5 Å². The fourth-order valence-corrected chi connectivity index (χ4v) is 6.24. The number of nitrogens with one attached hydrogen (secondary N) is 2. The summed E-state index contributed by atoms with van der Waals surface area (Å²) in [6.07, 6.45) is 4.41. The Morgan fingerprint density at radius 3 is 2.56 bits per heavy atom. The summed E-state index contributed by atoms with van der Waals surface area (Å²) in [6.45, 7) is 3.67. The molecule has 0 amide bonds. The van der Waals surface area contributed by atoms with E-state index in [4.69, 9.17) is 0 Å². The summed E-state index contributed by atoms with van der Waals surface area (Å²) < 4.78 is 25.3. The van der Waals surface area contributed by atoms with Gasteiger partial charge in [-0.3, -0.25) is 4.68 Å². The van der Waals surface area contributed by atoms with Gasteiger partial charge in [0.1, 0.15) is 12.1 Å². The van der Waals surface area contributed by atoms with E-state index in [1.165, 1.54) is 5.56 Å². The third-order valence-corrected chi connectivity index (χ3v) is 8.74. The maximum atomic E-state index is 11.6. The molecule has 2 aromatic heterocycles. The van der Waals surface area contributed by atoms with Crippen LogP contribution in [0.25, 0.3) is 21.8 Å². The van der Waals surface area contributed by atoms with Gasteiger partial charge in [0, 0.05) is 41.8 Å². The van der Waals surface area contributed by atoms with Crippen LogP contribution in [0.15, 0.2) is 79.3 Å². The van der Waals surface area contributed by atoms with Crippen LogP contribution in [0, 0.1) is 0 Å². The zero-order valence-corrected chi connectivity index (χ0v) is 22.4. The molecule has 0 bridgehead atoms. The van der Waals surface area contributed by atoms with E-state index in [9.17, 15) is 8.42 Å². The molecule has 1 aliphatic heterocycles. The highest BCUT2D eigenvalue weighted by Crippen LogP contribution is 2.28. The van der Waals surface area contributed by atoms with Gasteiger partial charge in [0.25, 0.3) is 0 Å². The molecule has 0 radical (unpaired) electrons. The molecule has 3 aromatic carbocycles. The molecule has 1 aliphatic rings. The Kier molecular flexibility index (Phi) is 7.12. The first-order chi connectivity index (χ1) is 19.0. The van der Waals surface area contributed by atoms with Crippen LogP contribution in [-0.4, -0.2) is 70.8 Å². The van der Waals surface area contributed by atoms with Gasteiger partial charge in [-0.05, 0) is 54.9 Å². The molecule has 10 heteroatoms. The number of aromatic nitrogens is 4. The van der Waals surface area contributed by atoms with Crippen LogP contribution in [0.1, 0.15) is 12.0 Å². The minimum Gasteiger partial charge on any atom is -0.385 e. The number of anilines is 3. The van der Waals surface area contributed by atoms with Gasteiger partial charge in [-0.2, -0.15) is 5.10 Å². The number of benzene rings is 3. The van der Waals surface area contributed by atoms with E-state index in [1.807, 2.05) is 47.3 Å². The predicted octanol–water partition coefficient (Wildman–Crippen LogP) is 4.30. The lowest BCUT2D eigenvalue weighted by atomic mass is 10.2. The maximum Gasteiger partial charge on any atom is 0.152 e. The van der Waals surface area contributed by atoms with Crippen LogP contribution in [0.3, 0.4) is 0 Å². The smallest absolute Gasteiger partial charge is 0.152 e. The van der Waals surface area contributed by atoms with Gasteiger partial charge in [0.15, 0.2) is 9.84 Å². The Morgan fingerprint density at radius 1 is 0.897 bits per heavy atom. The van der Waals surface area contributed by atoms with Crippen LogP contribution in [0.4, 0.5) is 17.2 Å². The molecule has 0 saturated carbocycles. The summed E-state index contributed by atoms with van der Waals surface area (Å²) in [5.74, 6) is 1.28. The van der Waals surface area contributed by atoms with E-state index < -0.39 is 9.84 Å². The summed E-state index contributed by atoms with van der Waals surface area (Å²) in [5.41, 5.74) is 5.09. The molecule has 2 N–H and O–H groups in total. The largest absolute Gasteiger partial charge is 0.385 e. The fraction of sp³-hybridized carbons (Fsp3) is 0.276. The summed E-state index contributed by atoms with van der Waals surface area (Å²) in [7, 11) is -2.84. The number of hydrogen-bond acceptors (Lipinski definition) is 8. The molecule has 0 unspecified atom stereocenters. The molecule has 0 spiro atoms. The van der Waals surface area contributed by atoms with Crippen LogP contribution >= 0.6 is 0 Å². The van der Waals surface area contributed by atoms with Gasteiger partial charge in [-0.1, -0.05) is 30.3 Å². The van der Waals surface area contributed by atoms with Crippen LogP contribution in [0.5, 0.6) is 0 Å². The second-order valence-electron chi connectivity index (χ2n) is 9.91. The minimum atomic E-state index is -2.84. The monoisotopic (exact) mass is 541 g/mol. The zero-order valence-electron chi connectivity index (χ0n) is 21.6. The highest BCUT2D eigenvalue weighted by atomic mass is 32.2. The van der Waals surface area contributed by atoms with Crippen LogP contribution < -0.4 is 10.6 Å². The number of hydrogen-bond donors (Lipinski definition) is 2. The van der Waals surface area contributed by atoms with Gasteiger partial charge in [-0.25, -0.2) is 18.4 Å². The van der Waals surface area contributed by atoms with Gasteiger partial charge in [0.05, 0.1) is 35.3 Å². The van der Waals surface area contributed by atoms with Crippen LogP contribution in [0.2, 0.25) is 0 Å². The second-order valence-corrected chi connectivity index (χ2v) is 12.2. The summed E-state index contributed by atoms with van der Waals surface area (Å²) >= 11 is 0. The molecule has 3 heterocycles. The SMILES string of the molecule is O=S1(=O)CCN(CCCNc2ccc3ncnc(Nc4ccc5c(cnn5Cc5ccccc5)c4)c3c2)CC1. The van der Waals surface area contributed by atoms with Crippen molar-refractivity contribution < 1.29 is 8.42 Å². The molecule has 0 atom stereocenters. The van der Waals surface area contributed by atoms with Crippen molar-refractivity contribution in [3.05, 3.63) is 84.8 Å². The number of rotatable bonds is 9. The summed E-state index contributed by atoms with van der Waals surface area (Å²) in [5, 5.41) is 13.6. The Bertz CT molecular complexity index is 1690. The Labute approximate surface area is 227 Å². The minimum absolute atomic E-state index is 0.268. The predicted molar refractivity (Wildman–Crippen MR) is 156 cm³/mol. The van der Waals surface area contributed by atoms with Crippen molar-refractivity contribution in [3.63, 3.8) is 0 Å². The van der Waals surface area contributed by atoms with E-state index in [0.29, 0.717) is 13.1 Å². The zero-order chi connectivity index (χ0) is 26.7. The molecule has 1 fully saturated rings. The second kappa shape index (κ2) is 11.0. The van der Waals surface area contributed by atoms with Gasteiger partial charge in [0.2, 0.25) is 0 Å². The molecular formula is C29H31N7O2S. The fourth-order valence-electron chi connectivity index (χ4n) is 4.96. The molecule has 0 aliphatic carbocycles. The normalized spacial score (nSPS) is 15.5. The number of nitrogens with zero attached hydrogens (tertiary/aromatic N) is 5. The quantitative estimate of drug-likeness (QED) is 0.266. The highest BCUT2D eigenvalue weighted by molar-refractivity contribution is 7.91. The Morgan fingerprint density at radius 2 is 1.72 bits per heavy atom. The Hall–Kier alpha value is -4.02. The van der Waals surface area contributed by atoms with Crippen molar-refractivity contribution in [2.24, 2.45) is 0 Å². The highest BCUT2D eigenvalue weighted by Gasteiger charge is 2.20. The Balaban J connectivity index is 1.12. The topological polar surface area (TPSA) is 105 Å². The molecule has 1 saturated heterocycles. The third kappa shape index (κ3) is 6.02. The number of fused-ring (bicyclic) bond motifs is 2. The lowest BCUT2D eigenvalue weighted by Crippen LogP contribution is -2.41. The van der Waals surface area contributed by atoms with Crippen LogP contribution in [-0.2, 0) is 16.4 Å². The molecule has 9 nitrogen and oxygen atoms in total. The van der Waals surface area contributed by atoms with Gasteiger partial charge in [-0.15, -0.1) is 0 Å². The van der Waals surface area contributed by atoms with E-state index >= 15 is 0 Å². The lowest BCUT2D eigenvalue weighted by Gasteiger charge is -2.26. The van der Waals surface area contributed by atoms with Gasteiger partial charge < -0.3 is 15.5 Å². The van der Waals surface area contributed by atoms with Crippen molar-refractivity contribution in [3.8, 4) is 0 Å². The van der Waals surface area contributed by atoms with E-state index in [0.717, 1.165) is 65.1 Å². The van der Waals surface area contributed by atoms with Crippen molar-refractivity contribution in [2.45, 2.75) is 13.0 Å². The average molecular weight is 542 g/mol. The summed E-state index contributed by atoms with van der Waals surface area (Å²) in [4.78, 5) is 11.2. The molecular weight excluding hydrogens is 510 g/mol. The van der Waals surface area contributed by atoms with E-state index in [2.05, 4.69) is 60.9 Å². The first-order valence-corrected chi connectivity index (χ1v) is 15.0. The number of sulfone groups is 1. The molecule has 39 heavy (non-hydrogen) atoms. The first-order valence-electron chi connectivity index (χ1n) is 13.2. The molecule has 6 rings (SSSR count). The van der Waals surface area contributed by atoms with E-state index in [1.54, 1.807) is 6.33 Å². The van der Waals surface area contributed by atoms with Crippen molar-refractivity contribution in [2.75, 3.05) is 48.3 Å². The van der Waals surface area contributed by atoms with Gasteiger partial charge >= 0.3 is 0 Å². The molecule has 200 valence electrons. The van der Waals surface area contributed by atoms with Crippen molar-refractivity contribution in [1.82, 2.24) is 24.6 Å². The standard InChI is InChI=1S/C29H31N7O2S/c37-39(38)15-13-35(14-16-39)12-4-11-30-24-7-9-27-26(18-24)29(32-21-31-27)34-25-8-10-28-23(17-25)19-33-36(28)20-22-5-2-1-3-6-22/h1-3,5-10,17-19,21,30H,4,11-16,20H2,(H,31,32,34). The average Bonchev–Trinajstić information content (AvgIpc) is 3.34. The maximum absolute atomic E-state index is 11.6. The van der Waals surface area contributed by atoms with Crippen molar-refractivity contribution >= 4 is 48.8 Å². The first kappa shape index (κ1) is 25.3. The molecule has 5 aromatic rings. The third-order valence-electron chi connectivity index (χ3n) is 7.13. The van der Waals surface area contributed by atoms with Crippen molar-refractivity contribution in [1.29, 1.82) is 0 Å². The summed E-state index contributed by atoms with van der Waals surface area (Å²) in [6, 6.07) is 22.6.